The molecule has 0 fully saturated rings. The molecule has 0 aliphatic rings. The zero-order valence-corrected chi connectivity index (χ0v) is 8.47. The van der Waals surface area contributed by atoms with Gasteiger partial charge in [0, 0.05) is 12.5 Å². The number of hydrogen-bond acceptors (Lipinski definition) is 2. The summed E-state index contributed by atoms with van der Waals surface area (Å²) in [6.45, 7) is 6.12. The molecule has 0 aliphatic heterocycles. The Balaban J connectivity index is 2.93. The molecule has 1 N–H and O–H groups in total. The number of furan rings is 1. The van der Waals surface area contributed by atoms with Crippen LogP contribution in [0.3, 0.4) is 0 Å². The van der Waals surface area contributed by atoms with E-state index in [2.05, 4.69) is 5.32 Å². The SMILES string of the molecule is CNC(=O)c1ccc(C(C)(C)C)o1. The van der Waals surface area contributed by atoms with Crippen LogP contribution in [-0.2, 0) is 5.41 Å². The molecule has 3 heteroatoms. The number of nitrogens with one attached hydrogen (secondary N) is 1. The fourth-order valence-corrected chi connectivity index (χ4v) is 0.986. The van der Waals surface area contributed by atoms with Crippen LogP contribution in [-0.4, -0.2) is 13.0 Å². The minimum atomic E-state index is -0.185. The highest BCUT2D eigenvalue weighted by Gasteiger charge is 2.19. The van der Waals surface area contributed by atoms with Gasteiger partial charge in [-0.05, 0) is 12.1 Å². The van der Waals surface area contributed by atoms with Gasteiger partial charge in [0.15, 0.2) is 5.76 Å². The molecule has 0 bridgehead atoms. The topological polar surface area (TPSA) is 42.2 Å². The van der Waals surface area contributed by atoms with Crippen LogP contribution in [0.2, 0.25) is 0 Å². The molecule has 72 valence electrons. The monoisotopic (exact) mass is 181 g/mol. The van der Waals surface area contributed by atoms with Gasteiger partial charge in [0.1, 0.15) is 5.76 Å². The number of rotatable bonds is 1. The second-order valence-electron chi connectivity index (χ2n) is 3.99. The van der Waals surface area contributed by atoms with E-state index in [-0.39, 0.29) is 11.3 Å². The molecule has 1 heterocycles. The summed E-state index contributed by atoms with van der Waals surface area (Å²) >= 11 is 0. The summed E-state index contributed by atoms with van der Waals surface area (Å²) in [6.07, 6.45) is 0. The molecule has 0 aromatic carbocycles. The predicted octanol–water partition coefficient (Wildman–Crippen LogP) is 1.94. The minimum Gasteiger partial charge on any atom is -0.455 e. The van der Waals surface area contributed by atoms with Crippen LogP contribution in [0, 0.1) is 0 Å². The van der Waals surface area contributed by atoms with Gasteiger partial charge in [0.05, 0.1) is 0 Å². The first-order chi connectivity index (χ1) is 5.95. The van der Waals surface area contributed by atoms with Crippen molar-refractivity contribution in [3.63, 3.8) is 0 Å². The van der Waals surface area contributed by atoms with Gasteiger partial charge in [0.2, 0.25) is 0 Å². The molecular formula is C10H15NO2. The molecule has 0 aliphatic carbocycles. The van der Waals surface area contributed by atoms with Crippen molar-refractivity contribution in [2.45, 2.75) is 26.2 Å². The molecule has 0 atom stereocenters. The van der Waals surface area contributed by atoms with Crippen molar-refractivity contribution in [3.05, 3.63) is 23.7 Å². The van der Waals surface area contributed by atoms with Crippen LogP contribution in [0.5, 0.6) is 0 Å². The molecule has 1 amide bonds. The fraction of sp³-hybridized carbons (Fsp3) is 0.500. The highest BCUT2D eigenvalue weighted by atomic mass is 16.4. The molecule has 0 radical (unpaired) electrons. The summed E-state index contributed by atoms with van der Waals surface area (Å²) in [5.41, 5.74) is -0.0493. The molecule has 0 saturated heterocycles. The summed E-state index contributed by atoms with van der Waals surface area (Å²) in [5.74, 6) is 1.01. The van der Waals surface area contributed by atoms with Gasteiger partial charge in [-0.2, -0.15) is 0 Å². The van der Waals surface area contributed by atoms with E-state index in [1.54, 1.807) is 13.1 Å². The van der Waals surface area contributed by atoms with Crippen LogP contribution in [0.15, 0.2) is 16.5 Å². The van der Waals surface area contributed by atoms with E-state index in [0.717, 1.165) is 5.76 Å². The van der Waals surface area contributed by atoms with Gasteiger partial charge in [-0.15, -0.1) is 0 Å². The first-order valence-corrected chi connectivity index (χ1v) is 4.27. The maximum atomic E-state index is 11.1. The first-order valence-electron chi connectivity index (χ1n) is 4.27. The van der Waals surface area contributed by atoms with Crippen LogP contribution in [0.1, 0.15) is 37.1 Å². The van der Waals surface area contributed by atoms with Crippen molar-refractivity contribution >= 4 is 5.91 Å². The number of amides is 1. The van der Waals surface area contributed by atoms with Crippen LogP contribution < -0.4 is 5.32 Å². The van der Waals surface area contributed by atoms with Crippen molar-refractivity contribution in [2.24, 2.45) is 0 Å². The van der Waals surface area contributed by atoms with Gasteiger partial charge in [-0.1, -0.05) is 20.8 Å². The van der Waals surface area contributed by atoms with Gasteiger partial charge in [-0.25, -0.2) is 0 Å². The van der Waals surface area contributed by atoms with E-state index in [1.165, 1.54) is 0 Å². The maximum Gasteiger partial charge on any atom is 0.286 e. The number of carbonyl (C=O) groups is 1. The van der Waals surface area contributed by atoms with Crippen molar-refractivity contribution in [1.82, 2.24) is 5.32 Å². The molecular weight excluding hydrogens is 166 g/mol. The fourth-order valence-electron chi connectivity index (χ4n) is 0.986. The Morgan fingerprint density at radius 2 is 2.00 bits per heavy atom. The minimum absolute atomic E-state index is 0.0493. The Bertz CT molecular complexity index is 307. The second kappa shape index (κ2) is 3.24. The van der Waals surface area contributed by atoms with E-state index in [0.29, 0.717) is 5.76 Å². The van der Waals surface area contributed by atoms with Crippen LogP contribution >= 0.6 is 0 Å². The molecule has 0 unspecified atom stereocenters. The third-order valence-electron chi connectivity index (χ3n) is 1.80. The van der Waals surface area contributed by atoms with Gasteiger partial charge >= 0.3 is 0 Å². The smallest absolute Gasteiger partial charge is 0.286 e. The first kappa shape index (κ1) is 9.84. The molecule has 13 heavy (non-hydrogen) atoms. The largest absolute Gasteiger partial charge is 0.455 e. The predicted molar refractivity (Wildman–Crippen MR) is 50.8 cm³/mol. The molecule has 0 spiro atoms. The lowest BCUT2D eigenvalue weighted by molar-refractivity contribution is 0.0932. The Kier molecular flexibility index (Phi) is 2.45. The zero-order chi connectivity index (χ0) is 10.1. The van der Waals surface area contributed by atoms with E-state index in [9.17, 15) is 4.79 Å². The van der Waals surface area contributed by atoms with Crippen LogP contribution in [0.25, 0.3) is 0 Å². The van der Waals surface area contributed by atoms with E-state index >= 15 is 0 Å². The van der Waals surface area contributed by atoms with Crippen molar-refractivity contribution < 1.29 is 9.21 Å². The normalized spacial score (nSPS) is 11.4. The Morgan fingerprint density at radius 3 is 2.38 bits per heavy atom. The molecule has 3 nitrogen and oxygen atoms in total. The average Bonchev–Trinajstić information content (AvgIpc) is 2.50. The highest BCUT2D eigenvalue weighted by molar-refractivity contribution is 5.91. The quantitative estimate of drug-likeness (QED) is 0.719. The lowest BCUT2D eigenvalue weighted by atomic mass is 9.94. The molecule has 1 aromatic rings. The third kappa shape index (κ3) is 2.11. The summed E-state index contributed by atoms with van der Waals surface area (Å²) in [7, 11) is 1.58. The van der Waals surface area contributed by atoms with Gasteiger partial charge < -0.3 is 9.73 Å². The van der Waals surface area contributed by atoms with Crippen molar-refractivity contribution in [3.8, 4) is 0 Å². The lowest BCUT2D eigenvalue weighted by Crippen LogP contribution is -2.17. The summed E-state index contributed by atoms with van der Waals surface area (Å²) in [4.78, 5) is 11.1. The number of hydrogen-bond donors (Lipinski definition) is 1. The second-order valence-corrected chi connectivity index (χ2v) is 3.99. The van der Waals surface area contributed by atoms with E-state index in [1.807, 2.05) is 26.8 Å². The van der Waals surface area contributed by atoms with E-state index in [4.69, 9.17) is 4.42 Å². The highest BCUT2D eigenvalue weighted by Crippen LogP contribution is 2.23. The molecule has 1 aromatic heterocycles. The maximum absolute atomic E-state index is 11.1. The third-order valence-corrected chi connectivity index (χ3v) is 1.80. The summed E-state index contributed by atoms with van der Waals surface area (Å²) in [6, 6.07) is 3.53. The van der Waals surface area contributed by atoms with Crippen LogP contribution in [0.4, 0.5) is 0 Å². The standard InChI is InChI=1S/C10H15NO2/c1-10(2,3)8-6-5-7(13-8)9(12)11-4/h5-6H,1-4H3,(H,11,12). The Hall–Kier alpha value is -1.25. The molecule has 0 saturated carbocycles. The summed E-state index contributed by atoms with van der Waals surface area (Å²) in [5, 5.41) is 2.51. The van der Waals surface area contributed by atoms with Gasteiger partial charge in [0.25, 0.3) is 5.91 Å². The van der Waals surface area contributed by atoms with E-state index < -0.39 is 0 Å². The Labute approximate surface area is 78.1 Å². The Morgan fingerprint density at radius 1 is 1.38 bits per heavy atom. The average molecular weight is 181 g/mol. The molecule has 1 rings (SSSR count). The van der Waals surface area contributed by atoms with Gasteiger partial charge in [-0.3, -0.25) is 4.79 Å². The lowest BCUT2D eigenvalue weighted by Gasteiger charge is -2.13. The summed E-state index contributed by atoms with van der Waals surface area (Å²) < 4.78 is 5.39. The zero-order valence-electron chi connectivity index (χ0n) is 8.47. The van der Waals surface area contributed by atoms with Crippen molar-refractivity contribution in [1.29, 1.82) is 0 Å². The van der Waals surface area contributed by atoms with Crippen molar-refractivity contribution in [2.75, 3.05) is 7.05 Å². The number of carbonyl (C=O) groups excluding carboxylic acids is 1.